The average molecular weight is 336 g/mol. The van der Waals surface area contributed by atoms with E-state index >= 15 is 0 Å². The molecule has 2 aliphatic rings. The Morgan fingerprint density at radius 3 is 2.00 bits per heavy atom. The maximum absolute atomic E-state index is 11.1. The molecule has 2 aromatic rings. The van der Waals surface area contributed by atoms with Gasteiger partial charge in [0, 0.05) is 39.3 Å². The molecule has 4 nitrogen and oxygen atoms in total. The zero-order chi connectivity index (χ0) is 17.2. The van der Waals surface area contributed by atoms with Crippen molar-refractivity contribution in [1.82, 2.24) is 9.80 Å². The summed E-state index contributed by atoms with van der Waals surface area (Å²) in [5.74, 6) is 0.634. The van der Waals surface area contributed by atoms with Crippen molar-refractivity contribution in [3.63, 3.8) is 0 Å². The lowest BCUT2D eigenvalue weighted by atomic mass is 10.0. The summed E-state index contributed by atoms with van der Waals surface area (Å²) in [7, 11) is 0. The molecular formula is C21H24N2O2. The van der Waals surface area contributed by atoms with Gasteiger partial charge in [-0.15, -0.1) is 0 Å². The quantitative estimate of drug-likeness (QED) is 0.912. The van der Waals surface area contributed by atoms with Gasteiger partial charge in [-0.1, -0.05) is 42.5 Å². The number of hydrogen-bond acceptors (Lipinski definition) is 3. The third-order valence-electron chi connectivity index (χ3n) is 5.47. The fourth-order valence-electron chi connectivity index (χ4n) is 4.35. The van der Waals surface area contributed by atoms with Gasteiger partial charge in [0.15, 0.2) is 0 Å². The Morgan fingerprint density at radius 2 is 1.40 bits per heavy atom. The topological polar surface area (TPSA) is 43.8 Å². The Kier molecular flexibility index (Phi) is 4.55. The molecular weight excluding hydrogens is 312 g/mol. The first-order valence-electron chi connectivity index (χ1n) is 8.98. The summed E-state index contributed by atoms with van der Waals surface area (Å²) in [5, 5.41) is 9.13. The molecule has 0 amide bonds. The largest absolute Gasteiger partial charge is 0.478 e. The van der Waals surface area contributed by atoms with Crippen molar-refractivity contribution in [1.29, 1.82) is 0 Å². The number of rotatable bonds is 5. The van der Waals surface area contributed by atoms with E-state index in [-0.39, 0.29) is 0 Å². The van der Waals surface area contributed by atoms with Gasteiger partial charge < -0.3 is 5.11 Å². The molecule has 0 unspecified atom stereocenters. The van der Waals surface area contributed by atoms with Crippen molar-refractivity contribution in [3.8, 4) is 0 Å². The predicted molar refractivity (Wildman–Crippen MR) is 97.4 cm³/mol. The van der Waals surface area contributed by atoms with Crippen LogP contribution in [-0.2, 0) is 13.1 Å². The lowest BCUT2D eigenvalue weighted by molar-refractivity contribution is 0.0696. The van der Waals surface area contributed by atoms with Crippen molar-refractivity contribution >= 4 is 5.97 Å². The van der Waals surface area contributed by atoms with Crippen molar-refractivity contribution in [3.05, 3.63) is 71.3 Å². The molecule has 0 spiro atoms. The van der Waals surface area contributed by atoms with Crippen LogP contribution in [0, 0.1) is 11.8 Å². The van der Waals surface area contributed by atoms with Crippen molar-refractivity contribution in [2.75, 3.05) is 26.2 Å². The van der Waals surface area contributed by atoms with E-state index in [0.29, 0.717) is 5.56 Å². The Hall–Kier alpha value is -2.17. The number of likely N-dealkylation sites (tertiary alicyclic amines) is 2. The summed E-state index contributed by atoms with van der Waals surface area (Å²) in [6.07, 6.45) is 0. The average Bonchev–Trinajstić information content (AvgIpc) is 3.13. The second-order valence-electron chi connectivity index (χ2n) is 7.40. The predicted octanol–water partition coefficient (Wildman–Crippen LogP) is 2.95. The molecule has 130 valence electrons. The van der Waals surface area contributed by atoms with Crippen LogP contribution in [-0.4, -0.2) is 47.1 Å². The summed E-state index contributed by atoms with van der Waals surface area (Å²) in [4.78, 5) is 16.2. The summed E-state index contributed by atoms with van der Waals surface area (Å²) in [6.45, 7) is 6.48. The fraction of sp³-hybridized carbons (Fsp3) is 0.381. The molecule has 0 bridgehead atoms. The highest BCUT2D eigenvalue weighted by Gasteiger charge is 2.39. The Bertz CT molecular complexity index is 733. The molecule has 4 heteroatoms. The van der Waals surface area contributed by atoms with Crippen LogP contribution in [0.3, 0.4) is 0 Å². The number of carboxylic acids is 1. The molecule has 0 radical (unpaired) electrons. The van der Waals surface area contributed by atoms with E-state index in [1.807, 2.05) is 12.1 Å². The molecule has 2 atom stereocenters. The minimum atomic E-state index is -0.850. The molecule has 2 aromatic carbocycles. The minimum absolute atomic E-state index is 0.380. The standard InChI is InChI=1S/C21H24N2O2/c24-21(25)18-8-4-7-17(9-18)11-23-14-19-12-22(13-20(19)15-23)10-16-5-2-1-3-6-16/h1-9,19-20H,10-15H2,(H,24,25)/t19-,20+. The van der Waals surface area contributed by atoms with E-state index in [9.17, 15) is 4.79 Å². The van der Waals surface area contributed by atoms with E-state index in [2.05, 4.69) is 40.1 Å². The molecule has 0 saturated carbocycles. The molecule has 1 N–H and O–H groups in total. The second kappa shape index (κ2) is 6.98. The Morgan fingerprint density at radius 1 is 0.840 bits per heavy atom. The molecule has 2 heterocycles. The second-order valence-corrected chi connectivity index (χ2v) is 7.40. The Labute approximate surface area is 148 Å². The maximum atomic E-state index is 11.1. The SMILES string of the molecule is O=C(O)c1cccc(CN2C[C@H]3CN(Cc4ccccc4)C[C@H]3C2)c1. The van der Waals surface area contributed by atoms with E-state index in [0.717, 1.165) is 43.6 Å². The highest BCUT2D eigenvalue weighted by molar-refractivity contribution is 5.87. The van der Waals surface area contributed by atoms with E-state index in [4.69, 9.17) is 5.11 Å². The van der Waals surface area contributed by atoms with Crippen LogP contribution in [0.15, 0.2) is 54.6 Å². The number of carboxylic acid groups (broad SMARTS) is 1. The van der Waals surface area contributed by atoms with Crippen molar-refractivity contribution in [2.45, 2.75) is 13.1 Å². The number of aromatic carboxylic acids is 1. The summed E-state index contributed by atoms with van der Waals surface area (Å²) in [6, 6.07) is 18.0. The first kappa shape index (κ1) is 16.3. The summed E-state index contributed by atoms with van der Waals surface area (Å²) < 4.78 is 0. The van der Waals surface area contributed by atoms with Crippen LogP contribution >= 0.6 is 0 Å². The normalized spacial score (nSPS) is 23.7. The van der Waals surface area contributed by atoms with Crippen LogP contribution in [0.4, 0.5) is 0 Å². The minimum Gasteiger partial charge on any atom is -0.478 e. The highest BCUT2D eigenvalue weighted by Crippen LogP contribution is 2.32. The third-order valence-corrected chi connectivity index (χ3v) is 5.47. The van der Waals surface area contributed by atoms with Gasteiger partial charge in [-0.3, -0.25) is 9.80 Å². The van der Waals surface area contributed by atoms with Gasteiger partial charge >= 0.3 is 5.97 Å². The van der Waals surface area contributed by atoms with Gasteiger partial charge in [-0.05, 0) is 35.1 Å². The molecule has 2 fully saturated rings. The van der Waals surface area contributed by atoms with Crippen LogP contribution < -0.4 is 0 Å². The van der Waals surface area contributed by atoms with Gasteiger partial charge in [0.25, 0.3) is 0 Å². The molecule has 4 rings (SSSR count). The van der Waals surface area contributed by atoms with Crippen molar-refractivity contribution < 1.29 is 9.90 Å². The van der Waals surface area contributed by atoms with Crippen LogP contribution in [0.2, 0.25) is 0 Å². The lowest BCUT2D eigenvalue weighted by Gasteiger charge is -2.21. The Balaban J connectivity index is 1.32. The molecule has 2 aliphatic heterocycles. The van der Waals surface area contributed by atoms with Crippen LogP contribution in [0.5, 0.6) is 0 Å². The van der Waals surface area contributed by atoms with Gasteiger partial charge in [0.05, 0.1) is 5.56 Å². The monoisotopic (exact) mass is 336 g/mol. The smallest absolute Gasteiger partial charge is 0.335 e. The lowest BCUT2D eigenvalue weighted by Crippen LogP contribution is -2.28. The number of fused-ring (bicyclic) bond motifs is 1. The number of hydrogen-bond donors (Lipinski definition) is 1. The molecule has 2 saturated heterocycles. The zero-order valence-electron chi connectivity index (χ0n) is 14.3. The summed E-state index contributed by atoms with van der Waals surface area (Å²) >= 11 is 0. The van der Waals surface area contributed by atoms with Gasteiger partial charge in [-0.2, -0.15) is 0 Å². The summed E-state index contributed by atoms with van der Waals surface area (Å²) in [5.41, 5.74) is 2.87. The van der Waals surface area contributed by atoms with Gasteiger partial charge in [0.1, 0.15) is 0 Å². The maximum Gasteiger partial charge on any atom is 0.335 e. The van der Waals surface area contributed by atoms with Gasteiger partial charge in [0.2, 0.25) is 0 Å². The van der Waals surface area contributed by atoms with E-state index in [1.54, 1.807) is 12.1 Å². The fourth-order valence-corrected chi connectivity index (χ4v) is 4.35. The number of benzene rings is 2. The first-order chi connectivity index (χ1) is 12.2. The van der Waals surface area contributed by atoms with Crippen LogP contribution in [0.25, 0.3) is 0 Å². The number of nitrogens with zero attached hydrogens (tertiary/aromatic N) is 2. The van der Waals surface area contributed by atoms with E-state index < -0.39 is 5.97 Å². The van der Waals surface area contributed by atoms with Crippen LogP contribution in [0.1, 0.15) is 21.5 Å². The van der Waals surface area contributed by atoms with Crippen molar-refractivity contribution in [2.24, 2.45) is 11.8 Å². The highest BCUT2D eigenvalue weighted by atomic mass is 16.4. The first-order valence-corrected chi connectivity index (χ1v) is 8.98. The van der Waals surface area contributed by atoms with E-state index in [1.165, 1.54) is 18.7 Å². The molecule has 25 heavy (non-hydrogen) atoms. The zero-order valence-corrected chi connectivity index (χ0v) is 14.3. The van der Waals surface area contributed by atoms with Gasteiger partial charge in [-0.25, -0.2) is 4.79 Å². The number of carbonyl (C=O) groups is 1. The third kappa shape index (κ3) is 3.75. The molecule has 0 aliphatic carbocycles. The molecule has 0 aromatic heterocycles.